The zero-order chi connectivity index (χ0) is 47.5. The SMILES string of the molecule is CSc1cc(-c2ccc(-c3cc(OCC(C)C)cc(Br)n3)s2)nc(-c2ccc(-c3cc(SC)cc(-c4ccc(-c5cc(SC)cc(-c6ccc(-c7cc(OCC(C)C)cc(Br)n7)s6)n5)s4)n3)s2)c1. The number of nitrogens with zero attached hydrogens (tertiary/aromatic N) is 5. The third-order valence-electron chi connectivity index (χ3n) is 10.2. The maximum Gasteiger partial charge on any atom is 0.124 e. The minimum Gasteiger partial charge on any atom is -0.493 e. The lowest BCUT2D eigenvalue weighted by Crippen LogP contribution is -2.04. The van der Waals surface area contributed by atoms with Gasteiger partial charge in [-0.25, -0.2) is 24.9 Å². The molecular weight excluding hydrogens is 1110 g/mol. The summed E-state index contributed by atoms with van der Waals surface area (Å²) in [5.41, 5.74) is 7.38. The molecule has 0 aliphatic heterocycles. The molecule has 0 unspecified atom stereocenters. The molecule has 346 valence electrons. The number of hydrogen-bond acceptors (Lipinski definition) is 14. The lowest BCUT2D eigenvalue weighted by Gasteiger charge is -2.10. The Morgan fingerprint density at radius 3 is 0.838 bits per heavy atom. The van der Waals surface area contributed by atoms with Gasteiger partial charge in [-0.1, -0.05) is 27.7 Å². The van der Waals surface area contributed by atoms with Gasteiger partial charge in [0.1, 0.15) is 20.7 Å². The molecule has 0 saturated heterocycles. The predicted octanol–water partition coefficient (Wildman–Crippen LogP) is 18.0. The van der Waals surface area contributed by atoms with Crippen LogP contribution in [-0.4, -0.2) is 56.9 Å². The Balaban J connectivity index is 0.969. The molecule has 0 radical (unpaired) electrons. The fourth-order valence-corrected chi connectivity index (χ4v) is 12.9. The topological polar surface area (TPSA) is 82.9 Å². The van der Waals surface area contributed by atoms with E-state index >= 15 is 0 Å². The van der Waals surface area contributed by atoms with Gasteiger partial charge in [-0.2, -0.15) is 0 Å². The molecule has 9 rings (SSSR count). The first-order chi connectivity index (χ1) is 32.9. The van der Waals surface area contributed by atoms with Crippen molar-refractivity contribution >= 4 is 112 Å². The minimum atomic E-state index is 0.430. The molecule has 16 heteroatoms. The third kappa shape index (κ3) is 11.8. The number of aromatic nitrogens is 5. The highest BCUT2D eigenvalue weighted by atomic mass is 79.9. The summed E-state index contributed by atoms with van der Waals surface area (Å²) in [6.45, 7) is 9.88. The van der Waals surface area contributed by atoms with Gasteiger partial charge in [-0.3, -0.25) is 0 Å². The highest BCUT2D eigenvalue weighted by Crippen LogP contribution is 2.43. The number of thioether (sulfide) groups is 3. The van der Waals surface area contributed by atoms with Gasteiger partial charge >= 0.3 is 0 Å². The molecule has 0 aromatic carbocycles. The molecule has 0 atom stereocenters. The summed E-state index contributed by atoms with van der Waals surface area (Å²) in [5, 5.41) is 0. The summed E-state index contributed by atoms with van der Waals surface area (Å²) >= 11 is 19.1. The van der Waals surface area contributed by atoms with E-state index < -0.39 is 0 Å². The van der Waals surface area contributed by atoms with Crippen molar-refractivity contribution in [1.29, 1.82) is 0 Å². The van der Waals surface area contributed by atoms with Crippen LogP contribution in [0.25, 0.3) is 84.6 Å². The first-order valence-electron chi connectivity index (χ1n) is 21.6. The lowest BCUT2D eigenvalue weighted by atomic mass is 10.2. The zero-order valence-corrected chi connectivity index (χ0v) is 47.0. The van der Waals surface area contributed by atoms with Crippen molar-refractivity contribution in [2.45, 2.75) is 42.4 Å². The van der Waals surface area contributed by atoms with E-state index in [0.29, 0.717) is 25.0 Å². The highest BCUT2D eigenvalue weighted by molar-refractivity contribution is 9.10. The second kappa shape index (κ2) is 22.1. The molecule has 9 aromatic heterocycles. The molecule has 0 spiro atoms. The van der Waals surface area contributed by atoms with Crippen LogP contribution < -0.4 is 9.47 Å². The fraction of sp³-hybridized carbons (Fsp3) is 0.212. The molecule has 0 fully saturated rings. The number of halogens is 2. The maximum absolute atomic E-state index is 6.05. The van der Waals surface area contributed by atoms with Crippen LogP contribution >= 0.6 is 112 Å². The summed E-state index contributed by atoms with van der Waals surface area (Å²) in [4.78, 5) is 37.4. The van der Waals surface area contributed by atoms with Crippen molar-refractivity contribution in [2.75, 3.05) is 32.0 Å². The highest BCUT2D eigenvalue weighted by Gasteiger charge is 2.18. The van der Waals surface area contributed by atoms with Crippen LogP contribution in [0, 0.1) is 11.8 Å². The molecule has 0 N–H and O–H groups in total. The van der Waals surface area contributed by atoms with E-state index in [2.05, 4.69) is 163 Å². The van der Waals surface area contributed by atoms with E-state index in [1.807, 2.05) is 24.3 Å². The van der Waals surface area contributed by atoms with Gasteiger partial charge in [0.2, 0.25) is 0 Å². The number of thiophene rings is 4. The Labute approximate surface area is 443 Å². The summed E-state index contributed by atoms with van der Waals surface area (Å²) < 4.78 is 13.6. The number of ether oxygens (including phenoxy) is 2. The third-order valence-corrected chi connectivity index (χ3v) is 17.7. The summed E-state index contributed by atoms with van der Waals surface area (Å²) in [6.07, 6.45) is 6.34. The van der Waals surface area contributed by atoms with Gasteiger partial charge in [-0.15, -0.1) is 80.6 Å². The van der Waals surface area contributed by atoms with Crippen molar-refractivity contribution in [1.82, 2.24) is 24.9 Å². The van der Waals surface area contributed by atoms with Crippen LogP contribution in [0.15, 0.2) is 133 Å². The maximum atomic E-state index is 6.05. The zero-order valence-electron chi connectivity index (χ0n) is 38.1. The van der Waals surface area contributed by atoms with Crippen LogP contribution in [-0.2, 0) is 0 Å². The quantitative estimate of drug-likeness (QED) is 0.0649. The molecule has 0 bridgehead atoms. The monoisotopic (exact) mass is 1150 g/mol. The Hall–Kier alpha value is -3.84. The van der Waals surface area contributed by atoms with Crippen molar-refractivity contribution < 1.29 is 9.47 Å². The van der Waals surface area contributed by atoms with E-state index in [1.54, 1.807) is 80.6 Å². The van der Waals surface area contributed by atoms with Crippen molar-refractivity contribution in [3.63, 3.8) is 0 Å². The van der Waals surface area contributed by atoms with Crippen LogP contribution in [0.4, 0.5) is 0 Å². The van der Waals surface area contributed by atoms with Crippen LogP contribution in [0.5, 0.6) is 11.5 Å². The number of hydrogen-bond donors (Lipinski definition) is 0. The minimum absolute atomic E-state index is 0.430. The van der Waals surface area contributed by atoms with E-state index in [1.165, 1.54) is 0 Å². The van der Waals surface area contributed by atoms with Gasteiger partial charge in [0.15, 0.2) is 0 Å². The summed E-state index contributed by atoms with van der Waals surface area (Å²) in [5.74, 6) is 2.47. The molecule has 9 heterocycles. The Morgan fingerprint density at radius 2 is 0.618 bits per heavy atom. The summed E-state index contributed by atoms with van der Waals surface area (Å²) in [6, 6.07) is 38.1. The summed E-state index contributed by atoms with van der Waals surface area (Å²) in [7, 11) is 0. The van der Waals surface area contributed by atoms with E-state index in [-0.39, 0.29) is 0 Å². The first-order valence-corrected chi connectivity index (χ1v) is 30.1. The molecule has 7 nitrogen and oxygen atoms in total. The van der Waals surface area contributed by atoms with Crippen LogP contribution in [0.2, 0.25) is 0 Å². The Kier molecular flexibility index (Phi) is 16.0. The van der Waals surface area contributed by atoms with E-state index in [4.69, 9.17) is 34.4 Å². The smallest absolute Gasteiger partial charge is 0.124 e. The Bertz CT molecular complexity index is 3020. The van der Waals surface area contributed by atoms with E-state index in [0.717, 1.165) is 120 Å². The van der Waals surface area contributed by atoms with Gasteiger partial charge < -0.3 is 9.47 Å². The molecular formula is C52H45Br2N5O2S7. The molecule has 0 saturated carbocycles. The average molecular weight is 1160 g/mol. The molecule has 0 aliphatic carbocycles. The number of pyridine rings is 5. The van der Waals surface area contributed by atoms with Gasteiger partial charge in [0.05, 0.1) is 97.8 Å². The van der Waals surface area contributed by atoms with E-state index in [9.17, 15) is 0 Å². The van der Waals surface area contributed by atoms with Crippen LogP contribution in [0.1, 0.15) is 27.7 Å². The average Bonchev–Trinajstić information content (AvgIpc) is 4.20. The molecule has 9 aromatic rings. The number of rotatable bonds is 17. The molecule has 0 amide bonds. The Morgan fingerprint density at radius 1 is 0.382 bits per heavy atom. The van der Waals surface area contributed by atoms with Gasteiger partial charge in [0, 0.05) is 39.0 Å². The largest absolute Gasteiger partial charge is 0.493 e. The second-order valence-electron chi connectivity index (χ2n) is 16.4. The normalized spacial score (nSPS) is 11.6. The predicted molar refractivity (Wildman–Crippen MR) is 302 cm³/mol. The van der Waals surface area contributed by atoms with Crippen molar-refractivity contribution in [3.05, 3.63) is 118 Å². The fourth-order valence-electron chi connectivity index (χ4n) is 6.97. The van der Waals surface area contributed by atoms with Crippen molar-refractivity contribution in [2.24, 2.45) is 11.8 Å². The standard InChI is InChI=1S/C52H45Br2N5O2S7/c1-28(2)26-60-30-16-35(58-51(53)18-30)43-8-10-45(65-43)37-20-32(62-5)22-39(55-37)47-12-14-49(67-47)41-24-34(64-7)25-42(57-41)50-15-13-48(68-50)40-23-33(63-6)21-38(56-40)46-11-9-44(66-46)36-17-31(19-52(54)59-36)61-27-29(3)4/h8-25,28-29H,26-27H2,1-7H3. The molecule has 0 aliphatic rings. The van der Waals surface area contributed by atoms with Crippen LogP contribution in [0.3, 0.4) is 0 Å². The second-order valence-corrected chi connectivity index (χ2v) is 25.0. The first kappa shape index (κ1) is 49.2. The van der Waals surface area contributed by atoms with Gasteiger partial charge in [-0.05, 0) is 147 Å². The lowest BCUT2D eigenvalue weighted by molar-refractivity contribution is 0.270. The molecule has 68 heavy (non-hydrogen) atoms. The van der Waals surface area contributed by atoms with Gasteiger partial charge in [0.25, 0.3) is 0 Å². The van der Waals surface area contributed by atoms with Crippen molar-refractivity contribution in [3.8, 4) is 96.1 Å².